The average molecular weight is 465 g/mol. The standard InChI is InChI=1S/C28H52N2O3/c1-19(2)17-29-25(31)21-9-11-23(12-10-21)27(5,6)13-14-28(7,8)33-24-15-22(16-24)26(32)30-18-20(3)4/h19-24H,9-18H2,1-8H3,(H,29,31)(H,30,32). The van der Waals surface area contributed by atoms with Gasteiger partial charge in [-0.05, 0) is 88.4 Å². The second-order valence-corrected chi connectivity index (χ2v) is 13.0. The Morgan fingerprint density at radius 1 is 0.788 bits per heavy atom. The molecule has 0 heterocycles. The molecule has 2 rings (SSSR count). The van der Waals surface area contributed by atoms with E-state index in [2.05, 4.69) is 66.0 Å². The van der Waals surface area contributed by atoms with Gasteiger partial charge in [0, 0.05) is 24.9 Å². The van der Waals surface area contributed by atoms with Crippen LogP contribution in [-0.2, 0) is 14.3 Å². The van der Waals surface area contributed by atoms with Crippen molar-refractivity contribution in [3.63, 3.8) is 0 Å². The van der Waals surface area contributed by atoms with E-state index in [1.54, 1.807) is 0 Å². The quantitative estimate of drug-likeness (QED) is 0.388. The van der Waals surface area contributed by atoms with Gasteiger partial charge < -0.3 is 15.4 Å². The Morgan fingerprint density at radius 3 is 1.76 bits per heavy atom. The molecule has 192 valence electrons. The first-order chi connectivity index (χ1) is 15.3. The van der Waals surface area contributed by atoms with Gasteiger partial charge in [0.2, 0.25) is 11.8 Å². The van der Waals surface area contributed by atoms with Gasteiger partial charge in [-0.15, -0.1) is 0 Å². The summed E-state index contributed by atoms with van der Waals surface area (Å²) in [6.07, 6.45) is 8.36. The first-order valence-electron chi connectivity index (χ1n) is 13.5. The maximum absolute atomic E-state index is 12.4. The highest BCUT2D eigenvalue weighted by Crippen LogP contribution is 2.44. The van der Waals surface area contributed by atoms with E-state index >= 15 is 0 Å². The van der Waals surface area contributed by atoms with E-state index in [0.717, 1.165) is 64.5 Å². The molecule has 2 N–H and O–H groups in total. The second kappa shape index (κ2) is 12.0. The third-order valence-electron chi connectivity index (χ3n) is 7.89. The molecule has 2 aliphatic carbocycles. The van der Waals surface area contributed by atoms with Crippen molar-refractivity contribution in [2.24, 2.45) is 35.0 Å². The average Bonchev–Trinajstić information content (AvgIpc) is 2.71. The fourth-order valence-electron chi connectivity index (χ4n) is 5.25. The summed E-state index contributed by atoms with van der Waals surface area (Å²) in [5.41, 5.74) is 0.0775. The summed E-state index contributed by atoms with van der Waals surface area (Å²) in [6, 6.07) is 0. The van der Waals surface area contributed by atoms with Gasteiger partial charge in [0.1, 0.15) is 0 Å². The van der Waals surface area contributed by atoms with E-state index in [1.165, 1.54) is 0 Å². The SMILES string of the molecule is CC(C)CNC(=O)C1CCC(C(C)(C)CCC(C)(C)OC2CC(C(=O)NCC(C)C)C2)CC1. The Bertz CT molecular complexity index is 627. The van der Waals surface area contributed by atoms with E-state index in [1.807, 2.05) is 0 Å². The first kappa shape index (κ1) is 28.1. The normalized spacial score (nSPS) is 26.2. The molecule has 0 aromatic heterocycles. The molecule has 0 aromatic carbocycles. The van der Waals surface area contributed by atoms with Crippen LogP contribution < -0.4 is 10.6 Å². The lowest BCUT2D eigenvalue weighted by Crippen LogP contribution is -2.46. The number of carbonyl (C=O) groups excluding carboxylic acids is 2. The molecule has 0 radical (unpaired) electrons. The zero-order valence-corrected chi connectivity index (χ0v) is 22.8. The van der Waals surface area contributed by atoms with E-state index in [0.29, 0.717) is 17.8 Å². The summed E-state index contributed by atoms with van der Waals surface area (Å²) in [4.78, 5) is 24.6. The van der Waals surface area contributed by atoms with Crippen LogP contribution in [0.3, 0.4) is 0 Å². The highest BCUT2D eigenvalue weighted by Gasteiger charge is 2.40. The van der Waals surface area contributed by atoms with Crippen molar-refractivity contribution in [1.82, 2.24) is 10.6 Å². The topological polar surface area (TPSA) is 67.4 Å². The van der Waals surface area contributed by atoms with E-state index in [-0.39, 0.29) is 40.8 Å². The lowest BCUT2D eigenvalue weighted by Gasteiger charge is -2.43. The van der Waals surface area contributed by atoms with Crippen molar-refractivity contribution < 1.29 is 14.3 Å². The third-order valence-corrected chi connectivity index (χ3v) is 7.89. The van der Waals surface area contributed by atoms with Crippen LogP contribution in [0, 0.1) is 35.0 Å². The van der Waals surface area contributed by atoms with Gasteiger partial charge >= 0.3 is 0 Å². The molecule has 0 unspecified atom stereocenters. The predicted molar refractivity (Wildman–Crippen MR) is 136 cm³/mol. The van der Waals surface area contributed by atoms with Crippen LogP contribution in [0.25, 0.3) is 0 Å². The van der Waals surface area contributed by atoms with Gasteiger partial charge in [0.05, 0.1) is 11.7 Å². The largest absolute Gasteiger partial charge is 0.372 e. The van der Waals surface area contributed by atoms with Gasteiger partial charge in [0.15, 0.2) is 0 Å². The summed E-state index contributed by atoms with van der Waals surface area (Å²) in [5.74, 6) is 2.42. The first-order valence-corrected chi connectivity index (χ1v) is 13.5. The monoisotopic (exact) mass is 464 g/mol. The van der Waals surface area contributed by atoms with Crippen molar-refractivity contribution in [2.75, 3.05) is 13.1 Å². The summed E-state index contributed by atoms with van der Waals surface area (Å²) in [6.45, 7) is 19.2. The molecule has 2 fully saturated rings. The molecule has 2 aliphatic rings. The molecule has 0 atom stereocenters. The number of hydrogen-bond acceptors (Lipinski definition) is 3. The molecule has 0 spiro atoms. The number of rotatable bonds is 12. The minimum Gasteiger partial charge on any atom is -0.372 e. The van der Waals surface area contributed by atoms with Crippen molar-refractivity contribution in [1.29, 1.82) is 0 Å². The molecule has 5 nitrogen and oxygen atoms in total. The third kappa shape index (κ3) is 9.22. The predicted octanol–water partition coefficient (Wildman–Crippen LogP) is 5.72. The lowest BCUT2D eigenvalue weighted by molar-refractivity contribution is -0.150. The molecule has 2 amide bonds. The number of amides is 2. The van der Waals surface area contributed by atoms with Gasteiger partial charge in [-0.3, -0.25) is 9.59 Å². The number of carbonyl (C=O) groups is 2. The van der Waals surface area contributed by atoms with Crippen LogP contribution in [-0.4, -0.2) is 36.6 Å². The zero-order valence-electron chi connectivity index (χ0n) is 22.8. The maximum atomic E-state index is 12.4. The number of nitrogens with one attached hydrogen (secondary N) is 2. The molecule has 2 saturated carbocycles. The fourth-order valence-corrected chi connectivity index (χ4v) is 5.25. The number of hydrogen-bond donors (Lipinski definition) is 2. The molecular weight excluding hydrogens is 412 g/mol. The van der Waals surface area contributed by atoms with E-state index in [4.69, 9.17) is 4.74 Å². The van der Waals surface area contributed by atoms with Crippen LogP contribution in [0.5, 0.6) is 0 Å². The highest BCUT2D eigenvalue weighted by atomic mass is 16.5. The van der Waals surface area contributed by atoms with E-state index < -0.39 is 0 Å². The van der Waals surface area contributed by atoms with Gasteiger partial charge in [-0.2, -0.15) is 0 Å². The Morgan fingerprint density at radius 2 is 1.27 bits per heavy atom. The van der Waals surface area contributed by atoms with Crippen molar-refractivity contribution in [3.8, 4) is 0 Å². The summed E-state index contributed by atoms with van der Waals surface area (Å²) >= 11 is 0. The van der Waals surface area contributed by atoms with Crippen molar-refractivity contribution in [3.05, 3.63) is 0 Å². The Balaban J connectivity index is 1.70. The van der Waals surface area contributed by atoms with Crippen LogP contribution in [0.2, 0.25) is 0 Å². The summed E-state index contributed by atoms with van der Waals surface area (Å²) in [5, 5.41) is 6.17. The minimum absolute atomic E-state index is 0.119. The van der Waals surface area contributed by atoms with Gasteiger partial charge in [-0.25, -0.2) is 0 Å². The van der Waals surface area contributed by atoms with Crippen LogP contribution in [0.4, 0.5) is 0 Å². The zero-order chi connectivity index (χ0) is 24.8. The molecule has 0 aromatic rings. The Kier molecular flexibility index (Phi) is 10.3. The smallest absolute Gasteiger partial charge is 0.223 e. The second-order valence-electron chi connectivity index (χ2n) is 13.0. The highest BCUT2D eigenvalue weighted by molar-refractivity contribution is 5.79. The minimum atomic E-state index is -0.171. The maximum Gasteiger partial charge on any atom is 0.223 e. The van der Waals surface area contributed by atoms with Crippen molar-refractivity contribution >= 4 is 11.8 Å². The molecule has 0 bridgehead atoms. The van der Waals surface area contributed by atoms with E-state index in [9.17, 15) is 9.59 Å². The van der Waals surface area contributed by atoms with Crippen LogP contribution in [0.1, 0.15) is 107 Å². The van der Waals surface area contributed by atoms with Gasteiger partial charge in [-0.1, -0.05) is 41.5 Å². The van der Waals surface area contributed by atoms with Crippen LogP contribution in [0.15, 0.2) is 0 Å². The molecule has 33 heavy (non-hydrogen) atoms. The Labute approximate surface area is 203 Å². The molecule has 5 heteroatoms. The van der Waals surface area contributed by atoms with Crippen molar-refractivity contribution in [2.45, 2.75) is 118 Å². The van der Waals surface area contributed by atoms with Gasteiger partial charge in [0.25, 0.3) is 0 Å². The number of ether oxygens (including phenoxy) is 1. The Hall–Kier alpha value is -1.10. The molecular formula is C28H52N2O3. The molecule has 0 saturated heterocycles. The molecule has 0 aliphatic heterocycles. The summed E-state index contributed by atoms with van der Waals surface area (Å²) < 4.78 is 6.42. The summed E-state index contributed by atoms with van der Waals surface area (Å²) in [7, 11) is 0. The van der Waals surface area contributed by atoms with Crippen LogP contribution >= 0.6 is 0 Å². The lowest BCUT2D eigenvalue weighted by atomic mass is 9.66. The fraction of sp³-hybridized carbons (Fsp3) is 0.929.